The van der Waals surface area contributed by atoms with Gasteiger partial charge in [-0.25, -0.2) is 24.7 Å². The highest BCUT2D eigenvalue weighted by atomic mass is 19.1. The number of alkyl halides is 1. The lowest BCUT2D eigenvalue weighted by Gasteiger charge is -2.44. The number of aliphatic imine (C=N–C) groups is 2. The second-order valence-electron chi connectivity index (χ2n) is 13.6. The van der Waals surface area contributed by atoms with Gasteiger partial charge in [0.2, 0.25) is 12.4 Å². The molecule has 1 amide bonds. The molecule has 250 valence electrons. The number of carbonyl (C=O) groups is 1. The quantitative estimate of drug-likeness (QED) is 0.319. The summed E-state index contributed by atoms with van der Waals surface area (Å²) in [4.78, 5) is 30.8. The predicted molar refractivity (Wildman–Crippen MR) is 175 cm³/mol. The van der Waals surface area contributed by atoms with Crippen molar-refractivity contribution in [1.29, 1.82) is 5.26 Å². The highest BCUT2D eigenvalue weighted by Gasteiger charge is 2.50. The monoisotopic (exact) mass is 657 g/mol. The van der Waals surface area contributed by atoms with Crippen molar-refractivity contribution in [2.45, 2.75) is 68.7 Å². The number of hydrogen-bond acceptors (Lipinski definition) is 7. The third-order valence-electron chi connectivity index (χ3n) is 10.9. The van der Waals surface area contributed by atoms with Gasteiger partial charge in [0.05, 0.1) is 11.5 Å². The van der Waals surface area contributed by atoms with Crippen molar-refractivity contribution in [1.82, 2.24) is 14.7 Å². The molecule has 9 nitrogen and oxygen atoms in total. The number of halogens is 3. The number of ether oxygens (including phenoxy) is 1. The number of amides is 1. The number of nitriles is 1. The normalized spacial score (nSPS) is 29.9. The van der Waals surface area contributed by atoms with Crippen LogP contribution in [0.15, 0.2) is 57.7 Å². The first-order valence-electron chi connectivity index (χ1n) is 16.8. The van der Waals surface area contributed by atoms with Crippen molar-refractivity contribution in [3.05, 3.63) is 75.8 Å². The number of nitrogens with zero attached hydrogens (tertiary/aromatic N) is 7. The Morgan fingerprint density at radius 2 is 2.04 bits per heavy atom. The third-order valence-corrected chi connectivity index (χ3v) is 10.9. The standard InChI is InChI=1S/C36H38F3N7O2/c1-22(37)35(47)46-14-13-44(20-25(46)17-41-2)33-28(16-40)34(48-21-36-11-6-12-45(36)19-24(38)15-36)43-32-29(33)18-42-31(30(32)39)27-10-5-8-23-7-3-4-9-26(23)27/h5,8,10,18,24-25,29,32H,1,3-4,6-7,9,11-15,17,19-21H2/t24-,25+,29?,32?,36+/m1/s1. The molecule has 1 aromatic carbocycles. The Morgan fingerprint density at radius 1 is 1.21 bits per heavy atom. The Kier molecular flexibility index (Phi) is 8.63. The van der Waals surface area contributed by atoms with Gasteiger partial charge in [-0.15, -0.1) is 0 Å². The van der Waals surface area contributed by atoms with Crippen LogP contribution in [-0.4, -0.2) is 102 Å². The third kappa shape index (κ3) is 5.50. The van der Waals surface area contributed by atoms with Gasteiger partial charge < -0.3 is 19.4 Å². The van der Waals surface area contributed by atoms with Crippen LogP contribution in [0.4, 0.5) is 13.2 Å². The van der Waals surface area contributed by atoms with Gasteiger partial charge in [-0.2, -0.15) is 5.26 Å². The number of benzene rings is 1. The van der Waals surface area contributed by atoms with Crippen LogP contribution in [0, 0.1) is 23.8 Å². The first-order valence-corrected chi connectivity index (χ1v) is 16.8. The molecule has 0 saturated carbocycles. The molecule has 0 spiro atoms. The van der Waals surface area contributed by atoms with E-state index >= 15 is 4.39 Å². The number of fused-ring (bicyclic) bond motifs is 3. The molecule has 5 aliphatic heterocycles. The molecule has 1 aliphatic carbocycles. The molecule has 2 unspecified atom stereocenters. The van der Waals surface area contributed by atoms with Gasteiger partial charge in [0.1, 0.15) is 42.2 Å². The van der Waals surface area contributed by atoms with E-state index in [1.54, 1.807) is 6.21 Å². The summed E-state index contributed by atoms with van der Waals surface area (Å²) in [6.45, 7) is 12.1. The SMILES string of the molecule is [C-]#[N+]C[C@H]1CN(C2=C(C#N)C(OC[C@@]34CCCN3C[C@H](F)C4)=NC3C(F)=C(c4cccc5c4CCCC5)N=CC23)CCN1C(=O)C(=C)F. The molecule has 3 saturated heterocycles. The molecule has 0 aromatic heterocycles. The first kappa shape index (κ1) is 32.1. The molecule has 0 bridgehead atoms. The van der Waals surface area contributed by atoms with Gasteiger partial charge in [-0.1, -0.05) is 24.8 Å². The van der Waals surface area contributed by atoms with Crippen LogP contribution in [0.3, 0.4) is 0 Å². The Bertz CT molecular complexity index is 1740. The summed E-state index contributed by atoms with van der Waals surface area (Å²) in [5, 5.41) is 10.6. The fourth-order valence-corrected chi connectivity index (χ4v) is 8.62. The summed E-state index contributed by atoms with van der Waals surface area (Å²) in [7, 11) is 0. The summed E-state index contributed by atoms with van der Waals surface area (Å²) >= 11 is 0. The number of carbonyl (C=O) groups excluding carboxylic acids is 1. The van der Waals surface area contributed by atoms with Gasteiger partial charge in [-0.05, 0) is 56.2 Å². The zero-order valence-electron chi connectivity index (χ0n) is 26.8. The fourth-order valence-electron chi connectivity index (χ4n) is 8.62. The Morgan fingerprint density at radius 3 is 2.83 bits per heavy atom. The van der Waals surface area contributed by atoms with E-state index in [-0.39, 0.29) is 50.0 Å². The average Bonchev–Trinajstić information content (AvgIpc) is 3.62. The van der Waals surface area contributed by atoms with E-state index in [0.717, 1.165) is 56.2 Å². The summed E-state index contributed by atoms with van der Waals surface area (Å²) in [6.07, 6.45) is 6.51. The van der Waals surface area contributed by atoms with Crippen LogP contribution in [0.2, 0.25) is 0 Å². The highest BCUT2D eigenvalue weighted by molar-refractivity contribution is 6.01. The van der Waals surface area contributed by atoms with Crippen LogP contribution in [0.25, 0.3) is 10.5 Å². The fraction of sp³-hybridized carbons (Fsp3) is 0.528. The van der Waals surface area contributed by atoms with Crippen molar-refractivity contribution in [2.75, 3.05) is 45.9 Å². The molecule has 48 heavy (non-hydrogen) atoms. The zero-order valence-corrected chi connectivity index (χ0v) is 26.8. The smallest absolute Gasteiger partial charge is 0.282 e. The van der Waals surface area contributed by atoms with Crippen molar-refractivity contribution < 1.29 is 22.7 Å². The minimum absolute atomic E-state index is 0.00505. The molecular formula is C36H38F3N7O2. The van der Waals surface area contributed by atoms with Crippen molar-refractivity contribution >= 4 is 23.7 Å². The van der Waals surface area contributed by atoms with Crippen LogP contribution in [0.1, 0.15) is 48.8 Å². The van der Waals surface area contributed by atoms with E-state index in [0.29, 0.717) is 18.7 Å². The molecule has 1 aromatic rings. The first-order chi connectivity index (χ1) is 23.2. The molecule has 3 fully saturated rings. The summed E-state index contributed by atoms with van der Waals surface area (Å²) in [5.74, 6) is -3.28. The minimum Gasteiger partial charge on any atom is -0.475 e. The van der Waals surface area contributed by atoms with E-state index in [2.05, 4.69) is 33.5 Å². The minimum atomic E-state index is -1.11. The maximum absolute atomic E-state index is 16.9. The largest absolute Gasteiger partial charge is 0.475 e. The molecular weight excluding hydrogens is 619 g/mol. The van der Waals surface area contributed by atoms with Gasteiger partial charge in [0, 0.05) is 50.1 Å². The Hall–Kier alpha value is -4.42. The van der Waals surface area contributed by atoms with Crippen molar-refractivity contribution in [2.24, 2.45) is 15.9 Å². The summed E-state index contributed by atoms with van der Waals surface area (Å²) in [6, 6.07) is 6.39. The topological polar surface area (TPSA) is 88.9 Å². The van der Waals surface area contributed by atoms with Gasteiger partial charge in [0.25, 0.3) is 5.91 Å². The van der Waals surface area contributed by atoms with Gasteiger partial charge in [-0.3, -0.25) is 14.7 Å². The van der Waals surface area contributed by atoms with Crippen LogP contribution in [-0.2, 0) is 22.4 Å². The van der Waals surface area contributed by atoms with Gasteiger partial charge >= 0.3 is 0 Å². The molecule has 0 radical (unpaired) electrons. The molecule has 0 N–H and O–H groups in total. The van der Waals surface area contributed by atoms with E-state index in [9.17, 15) is 18.8 Å². The van der Waals surface area contributed by atoms with Gasteiger partial charge in [0.15, 0.2) is 11.7 Å². The molecule has 5 heterocycles. The number of rotatable bonds is 6. The average molecular weight is 658 g/mol. The Balaban J connectivity index is 1.28. The second-order valence-corrected chi connectivity index (χ2v) is 13.6. The lowest BCUT2D eigenvalue weighted by Crippen LogP contribution is -2.57. The van der Waals surface area contributed by atoms with E-state index < -0.39 is 47.3 Å². The molecule has 6 aliphatic rings. The summed E-state index contributed by atoms with van der Waals surface area (Å²) < 4.78 is 51.8. The Labute approximate surface area is 278 Å². The zero-order chi connectivity index (χ0) is 33.6. The second kappa shape index (κ2) is 12.9. The lowest BCUT2D eigenvalue weighted by atomic mass is 9.83. The van der Waals surface area contributed by atoms with Crippen molar-refractivity contribution in [3.8, 4) is 6.07 Å². The van der Waals surface area contributed by atoms with E-state index in [1.165, 1.54) is 10.5 Å². The molecule has 5 atom stereocenters. The number of piperazine rings is 1. The van der Waals surface area contributed by atoms with Crippen molar-refractivity contribution in [3.63, 3.8) is 0 Å². The predicted octanol–water partition coefficient (Wildman–Crippen LogP) is 4.97. The number of dihydropyridines is 1. The molecule has 7 rings (SSSR count). The van der Waals surface area contributed by atoms with E-state index in [4.69, 9.17) is 16.3 Å². The van der Waals surface area contributed by atoms with E-state index in [1.807, 2.05) is 17.0 Å². The molecule has 12 heteroatoms. The van der Waals surface area contributed by atoms with Crippen LogP contribution in [0.5, 0.6) is 0 Å². The maximum atomic E-state index is 16.9. The van der Waals surface area contributed by atoms with Crippen LogP contribution >= 0.6 is 0 Å². The number of aryl methyl sites for hydroxylation is 1. The maximum Gasteiger partial charge on any atom is 0.282 e. The lowest BCUT2D eigenvalue weighted by molar-refractivity contribution is -0.132. The van der Waals surface area contributed by atoms with Crippen LogP contribution < -0.4 is 0 Å². The highest BCUT2D eigenvalue weighted by Crippen LogP contribution is 2.44. The number of hydrogen-bond donors (Lipinski definition) is 0. The summed E-state index contributed by atoms with van der Waals surface area (Å²) in [5.41, 5.74) is 3.28.